The van der Waals surface area contributed by atoms with Crippen molar-refractivity contribution in [2.45, 2.75) is 25.2 Å². The Morgan fingerprint density at radius 1 is 1.26 bits per heavy atom. The fourth-order valence-electron chi connectivity index (χ4n) is 2.92. The average Bonchev–Trinajstić information content (AvgIpc) is 2.97. The topological polar surface area (TPSA) is 62.5 Å². The van der Waals surface area contributed by atoms with Crippen molar-refractivity contribution in [1.29, 1.82) is 0 Å². The highest BCUT2D eigenvalue weighted by Crippen LogP contribution is 2.27. The van der Waals surface area contributed by atoms with Gasteiger partial charge < -0.3 is 10.2 Å². The normalized spacial score (nSPS) is 15.1. The van der Waals surface area contributed by atoms with Crippen LogP contribution in [0.3, 0.4) is 0 Å². The van der Waals surface area contributed by atoms with Gasteiger partial charge in [-0.05, 0) is 32.0 Å². The molecule has 1 aliphatic heterocycles. The summed E-state index contributed by atoms with van der Waals surface area (Å²) >= 11 is 0. The lowest BCUT2D eigenvalue weighted by molar-refractivity contribution is -0.132. The number of likely N-dealkylation sites (tertiary alicyclic amines) is 1. The first kappa shape index (κ1) is 19.7. The van der Waals surface area contributed by atoms with Crippen LogP contribution in [0.15, 0.2) is 24.4 Å². The molecule has 1 N–H and O–H groups in total. The van der Waals surface area contributed by atoms with Crippen molar-refractivity contribution in [2.24, 2.45) is 0 Å². The van der Waals surface area contributed by atoms with E-state index in [4.69, 9.17) is 0 Å². The Labute approximate surface area is 148 Å². The van der Waals surface area contributed by atoms with Gasteiger partial charge in [-0.3, -0.25) is 9.20 Å². The highest BCUT2D eigenvalue weighted by Gasteiger charge is 2.26. The van der Waals surface area contributed by atoms with Crippen molar-refractivity contribution in [1.82, 2.24) is 24.8 Å². The number of aromatic nitrogens is 3. The van der Waals surface area contributed by atoms with Crippen LogP contribution in [-0.2, 0) is 4.79 Å². The van der Waals surface area contributed by atoms with E-state index in [0.29, 0.717) is 12.3 Å². The number of carbonyl (C=O) groups is 1. The Hall–Kier alpha value is -1.37. The predicted octanol–water partition coefficient (Wildman–Crippen LogP) is 1.89. The van der Waals surface area contributed by atoms with E-state index in [2.05, 4.69) is 19.9 Å². The van der Waals surface area contributed by atoms with Crippen molar-refractivity contribution >= 4 is 36.4 Å². The molecule has 2 aromatic rings. The minimum Gasteiger partial charge on any atom is -0.343 e. The van der Waals surface area contributed by atoms with Gasteiger partial charge >= 0.3 is 0 Å². The summed E-state index contributed by atoms with van der Waals surface area (Å²) in [5, 5.41) is 11.6. The molecule has 1 fully saturated rings. The van der Waals surface area contributed by atoms with Gasteiger partial charge in [0.05, 0.1) is 0 Å². The Morgan fingerprint density at radius 3 is 2.70 bits per heavy atom. The lowest BCUT2D eigenvalue weighted by Gasteiger charge is -2.31. The molecule has 0 saturated carbocycles. The van der Waals surface area contributed by atoms with E-state index in [9.17, 15) is 4.79 Å². The van der Waals surface area contributed by atoms with Crippen LogP contribution in [0.5, 0.6) is 0 Å². The van der Waals surface area contributed by atoms with Crippen LogP contribution in [0.4, 0.5) is 0 Å². The van der Waals surface area contributed by atoms with Crippen LogP contribution in [0.25, 0.3) is 5.65 Å². The summed E-state index contributed by atoms with van der Waals surface area (Å²) < 4.78 is 2.06. The van der Waals surface area contributed by atoms with Crippen LogP contribution < -0.4 is 5.32 Å². The van der Waals surface area contributed by atoms with Crippen molar-refractivity contribution in [3.05, 3.63) is 30.2 Å². The fourth-order valence-corrected chi connectivity index (χ4v) is 2.92. The second-order valence-corrected chi connectivity index (χ2v) is 5.50. The summed E-state index contributed by atoms with van der Waals surface area (Å²) in [4.78, 5) is 14.0. The number of halogens is 2. The monoisotopic (exact) mass is 359 g/mol. The van der Waals surface area contributed by atoms with Crippen LogP contribution in [0.2, 0.25) is 0 Å². The molecule has 8 heteroatoms. The molecule has 0 radical (unpaired) electrons. The van der Waals surface area contributed by atoms with E-state index in [1.807, 2.05) is 36.3 Å². The number of nitrogens with one attached hydrogen (secondary N) is 1. The largest absolute Gasteiger partial charge is 0.343 e. The summed E-state index contributed by atoms with van der Waals surface area (Å²) in [6, 6.07) is 5.93. The zero-order valence-electron chi connectivity index (χ0n) is 13.1. The highest BCUT2D eigenvalue weighted by atomic mass is 35.5. The Bertz CT molecular complexity index is 625. The minimum atomic E-state index is 0. The van der Waals surface area contributed by atoms with Crippen molar-refractivity contribution in [3.8, 4) is 0 Å². The third kappa shape index (κ3) is 4.34. The molecule has 1 saturated heterocycles. The lowest BCUT2D eigenvalue weighted by atomic mass is 9.96. The summed E-state index contributed by atoms with van der Waals surface area (Å²) in [5.41, 5.74) is 0.889. The van der Waals surface area contributed by atoms with E-state index in [1.165, 1.54) is 0 Å². The fraction of sp³-hybridized carbons (Fsp3) is 0.533. The zero-order valence-corrected chi connectivity index (χ0v) is 14.8. The number of hydrogen-bond donors (Lipinski definition) is 1. The summed E-state index contributed by atoms with van der Waals surface area (Å²) in [6.07, 6.45) is 4.51. The van der Waals surface area contributed by atoms with E-state index in [-0.39, 0.29) is 30.7 Å². The molecule has 0 aromatic carbocycles. The van der Waals surface area contributed by atoms with Crippen LogP contribution in [-0.4, -0.2) is 52.1 Å². The molecular formula is C15H23Cl2N5O. The Balaban J connectivity index is 0.00000132. The number of nitrogens with zero attached hydrogens (tertiary/aromatic N) is 4. The van der Waals surface area contributed by atoms with Crippen molar-refractivity contribution in [2.75, 3.05) is 26.7 Å². The standard InChI is InChI=1S/C15H21N5O.2ClH/c1-16-8-5-14(21)19-10-6-12(7-11-19)15-18-17-13-4-2-3-9-20(13)15;;/h2-4,9,12,16H,5-8,10-11H2,1H3;2*1H. The number of hydrogen-bond acceptors (Lipinski definition) is 4. The van der Waals surface area contributed by atoms with Gasteiger partial charge in [-0.1, -0.05) is 6.07 Å². The summed E-state index contributed by atoms with van der Waals surface area (Å²) in [6.45, 7) is 2.37. The Kier molecular flexibility index (Phi) is 7.75. The average molecular weight is 360 g/mol. The number of amides is 1. The molecular weight excluding hydrogens is 337 g/mol. The number of fused-ring (bicyclic) bond motifs is 1. The second-order valence-electron chi connectivity index (χ2n) is 5.50. The van der Waals surface area contributed by atoms with E-state index in [0.717, 1.165) is 43.9 Å². The molecule has 3 heterocycles. The van der Waals surface area contributed by atoms with E-state index in [1.54, 1.807) is 0 Å². The quantitative estimate of drug-likeness (QED) is 0.905. The van der Waals surface area contributed by atoms with Crippen molar-refractivity contribution < 1.29 is 4.79 Å². The molecule has 6 nitrogen and oxygen atoms in total. The van der Waals surface area contributed by atoms with Crippen LogP contribution >= 0.6 is 24.8 Å². The molecule has 0 atom stereocenters. The van der Waals surface area contributed by atoms with Gasteiger partial charge in [0.25, 0.3) is 0 Å². The molecule has 128 valence electrons. The Morgan fingerprint density at radius 2 is 2.00 bits per heavy atom. The number of rotatable bonds is 4. The molecule has 3 rings (SSSR count). The smallest absolute Gasteiger partial charge is 0.223 e. The van der Waals surface area contributed by atoms with E-state index < -0.39 is 0 Å². The maximum Gasteiger partial charge on any atom is 0.223 e. The molecule has 0 unspecified atom stereocenters. The van der Waals surface area contributed by atoms with Crippen molar-refractivity contribution in [3.63, 3.8) is 0 Å². The van der Waals surface area contributed by atoms with Crippen LogP contribution in [0.1, 0.15) is 31.0 Å². The molecule has 1 amide bonds. The zero-order chi connectivity index (χ0) is 14.7. The number of piperidine rings is 1. The third-order valence-electron chi connectivity index (χ3n) is 4.14. The molecule has 2 aromatic heterocycles. The van der Waals surface area contributed by atoms with Crippen LogP contribution in [0, 0.1) is 0 Å². The maximum absolute atomic E-state index is 12.0. The number of pyridine rings is 1. The SMILES string of the molecule is CNCCC(=O)N1CCC(c2nnc3ccccn23)CC1.Cl.Cl. The maximum atomic E-state index is 12.0. The van der Waals surface area contributed by atoms with Gasteiger partial charge in [-0.2, -0.15) is 0 Å². The molecule has 1 aliphatic rings. The number of carbonyl (C=O) groups excluding carboxylic acids is 1. The molecule has 0 bridgehead atoms. The van der Waals surface area contributed by atoms with Gasteiger partial charge in [0, 0.05) is 38.2 Å². The molecule has 23 heavy (non-hydrogen) atoms. The molecule has 0 aliphatic carbocycles. The summed E-state index contributed by atoms with van der Waals surface area (Å²) in [5.74, 6) is 1.65. The van der Waals surface area contributed by atoms with Gasteiger partial charge in [0.2, 0.25) is 5.91 Å². The molecule has 0 spiro atoms. The highest BCUT2D eigenvalue weighted by molar-refractivity contribution is 5.85. The third-order valence-corrected chi connectivity index (χ3v) is 4.14. The lowest BCUT2D eigenvalue weighted by Crippen LogP contribution is -2.39. The van der Waals surface area contributed by atoms with Gasteiger partial charge in [0.15, 0.2) is 5.65 Å². The van der Waals surface area contributed by atoms with Gasteiger partial charge in [-0.25, -0.2) is 0 Å². The second kappa shape index (κ2) is 9.05. The van der Waals surface area contributed by atoms with Gasteiger partial charge in [0.1, 0.15) is 5.82 Å². The first-order chi connectivity index (χ1) is 10.3. The van der Waals surface area contributed by atoms with E-state index >= 15 is 0 Å². The first-order valence-electron chi connectivity index (χ1n) is 7.51. The minimum absolute atomic E-state index is 0. The first-order valence-corrected chi connectivity index (χ1v) is 7.51. The van der Waals surface area contributed by atoms with Gasteiger partial charge in [-0.15, -0.1) is 35.0 Å². The summed E-state index contributed by atoms with van der Waals surface area (Å²) in [7, 11) is 1.87. The predicted molar refractivity (Wildman–Crippen MR) is 94.6 cm³/mol.